The molecule has 6 rings (SSSR count). The summed E-state index contributed by atoms with van der Waals surface area (Å²) in [6.45, 7) is 0.380. The lowest BCUT2D eigenvalue weighted by Crippen LogP contribution is -2.71. The molecule has 0 unspecified atom stereocenters. The summed E-state index contributed by atoms with van der Waals surface area (Å²) < 4.78 is 0. The number of β-lactam (4-membered cyclic amide) rings is 1. The van der Waals surface area contributed by atoms with Gasteiger partial charge in [-0.05, 0) is 43.8 Å². The molecule has 1 saturated carbocycles. The van der Waals surface area contributed by atoms with E-state index in [0.717, 1.165) is 41.9 Å². The molecule has 3 amide bonds. The molecule has 0 radical (unpaired) electrons. The number of carboxylic acid groups (broad SMARTS) is 1. The number of rotatable bonds is 8. The first kappa shape index (κ1) is 27.8. The molecule has 3 fully saturated rings. The molecule has 0 spiro atoms. The Bertz CT molecular complexity index is 1530. The largest absolute Gasteiger partial charge is 0.477 e. The first-order chi connectivity index (χ1) is 20.3. The van der Waals surface area contributed by atoms with Crippen LogP contribution in [0.1, 0.15) is 37.8 Å². The Balaban J connectivity index is 1.20. The Morgan fingerprint density at radius 2 is 2.05 bits per heavy atom. The summed E-state index contributed by atoms with van der Waals surface area (Å²) >= 11 is 2.44. The van der Waals surface area contributed by atoms with Gasteiger partial charge in [0.15, 0.2) is 16.7 Å². The molecule has 2 aromatic heterocycles. The number of nitrogen functional groups attached to an aromatic ring is 1. The summed E-state index contributed by atoms with van der Waals surface area (Å²) in [4.78, 5) is 72.5. The van der Waals surface area contributed by atoms with Crippen molar-refractivity contribution < 1.29 is 29.1 Å². The summed E-state index contributed by atoms with van der Waals surface area (Å²) in [7, 11) is 0. The first-order valence-corrected chi connectivity index (χ1v) is 15.2. The third-order valence-electron chi connectivity index (χ3n) is 7.36. The van der Waals surface area contributed by atoms with Gasteiger partial charge in [-0.3, -0.25) is 29.2 Å². The van der Waals surface area contributed by atoms with Crippen molar-refractivity contribution in [2.24, 2.45) is 5.16 Å². The van der Waals surface area contributed by atoms with Gasteiger partial charge in [-0.1, -0.05) is 5.16 Å². The zero-order chi connectivity index (χ0) is 29.4. The molecule has 2 saturated heterocycles. The van der Waals surface area contributed by atoms with Crippen molar-refractivity contribution in [2.45, 2.75) is 49.6 Å². The number of carboxylic acids is 1. The Morgan fingerprint density at radius 3 is 2.74 bits per heavy atom. The minimum absolute atomic E-state index is 0.103. The second-order valence-electron chi connectivity index (χ2n) is 10.0. The Labute approximate surface area is 247 Å². The van der Waals surface area contributed by atoms with Crippen molar-refractivity contribution in [3.05, 3.63) is 52.6 Å². The van der Waals surface area contributed by atoms with E-state index in [4.69, 9.17) is 10.6 Å². The Kier molecular flexibility index (Phi) is 7.64. The second-order valence-corrected chi connectivity index (χ2v) is 12.0. The SMILES string of the molecule is Nc1nc(C(=NOC2CCCC2)C(=O)N[C@@H]2C(=O)N3C(C(=O)O)=C(C=C4CCN(c5cnccn5)C4=O)CS[C@H]23)cs1. The summed E-state index contributed by atoms with van der Waals surface area (Å²) in [6.07, 6.45) is 10.0. The maximum Gasteiger partial charge on any atom is 0.352 e. The molecule has 218 valence electrons. The molecule has 42 heavy (non-hydrogen) atoms. The third kappa shape index (κ3) is 5.22. The number of oxime groups is 1. The van der Waals surface area contributed by atoms with Crippen LogP contribution in [-0.4, -0.2) is 84.2 Å². The maximum atomic E-state index is 13.3. The minimum Gasteiger partial charge on any atom is -0.477 e. The van der Waals surface area contributed by atoms with Crippen LogP contribution in [0.4, 0.5) is 10.9 Å². The zero-order valence-corrected chi connectivity index (χ0v) is 23.8. The summed E-state index contributed by atoms with van der Waals surface area (Å²) in [5, 5.41) is 18.0. The molecule has 0 bridgehead atoms. The van der Waals surface area contributed by atoms with E-state index in [1.165, 1.54) is 35.3 Å². The number of nitrogens with one attached hydrogen (secondary N) is 1. The van der Waals surface area contributed by atoms with E-state index >= 15 is 0 Å². The summed E-state index contributed by atoms with van der Waals surface area (Å²) in [5.74, 6) is -2.22. The average molecular weight is 611 g/mol. The number of aliphatic carboxylic acids is 1. The number of amides is 3. The number of anilines is 2. The molecule has 5 heterocycles. The maximum absolute atomic E-state index is 13.3. The number of thioether (sulfide) groups is 1. The fraction of sp³-hybridized carbons (Fsp3) is 0.385. The Morgan fingerprint density at radius 1 is 1.24 bits per heavy atom. The first-order valence-electron chi connectivity index (χ1n) is 13.3. The van der Waals surface area contributed by atoms with E-state index in [9.17, 15) is 24.3 Å². The lowest BCUT2D eigenvalue weighted by Gasteiger charge is -2.49. The monoisotopic (exact) mass is 610 g/mol. The lowest BCUT2D eigenvalue weighted by atomic mass is 10.0. The van der Waals surface area contributed by atoms with E-state index in [1.54, 1.807) is 11.5 Å². The van der Waals surface area contributed by atoms with Crippen LogP contribution in [-0.2, 0) is 24.0 Å². The van der Waals surface area contributed by atoms with Crippen LogP contribution in [0, 0.1) is 0 Å². The average Bonchev–Trinajstić information content (AvgIpc) is 3.74. The van der Waals surface area contributed by atoms with Crippen molar-refractivity contribution in [1.29, 1.82) is 0 Å². The van der Waals surface area contributed by atoms with Gasteiger partial charge in [0.05, 0.1) is 6.20 Å². The Hall–Kier alpha value is -4.31. The highest BCUT2D eigenvalue weighted by molar-refractivity contribution is 8.00. The van der Waals surface area contributed by atoms with Crippen LogP contribution in [0.2, 0.25) is 0 Å². The molecule has 0 aromatic carbocycles. The number of hydrogen-bond donors (Lipinski definition) is 3. The lowest BCUT2D eigenvalue weighted by molar-refractivity contribution is -0.150. The molecule has 3 aliphatic heterocycles. The highest BCUT2D eigenvalue weighted by Gasteiger charge is 2.54. The van der Waals surface area contributed by atoms with Crippen molar-refractivity contribution >= 4 is 63.5 Å². The van der Waals surface area contributed by atoms with Gasteiger partial charge in [-0.2, -0.15) is 0 Å². The number of allylic oxidation sites excluding steroid dienone is 1. The van der Waals surface area contributed by atoms with E-state index in [1.807, 2.05) is 0 Å². The van der Waals surface area contributed by atoms with Gasteiger partial charge in [0.2, 0.25) is 0 Å². The fourth-order valence-corrected chi connectivity index (χ4v) is 7.15. The minimum atomic E-state index is -1.30. The molecule has 1 aliphatic carbocycles. The molecule has 4 aliphatic rings. The number of carbonyl (C=O) groups excluding carboxylic acids is 3. The normalized spacial score (nSPS) is 23.8. The summed E-state index contributed by atoms with van der Waals surface area (Å²) in [6, 6.07) is -0.987. The zero-order valence-electron chi connectivity index (χ0n) is 22.1. The van der Waals surface area contributed by atoms with Gasteiger partial charge in [0.25, 0.3) is 17.7 Å². The van der Waals surface area contributed by atoms with E-state index in [2.05, 4.69) is 25.4 Å². The van der Waals surface area contributed by atoms with Crippen molar-refractivity contribution in [1.82, 2.24) is 25.2 Å². The quantitative estimate of drug-likeness (QED) is 0.169. The van der Waals surface area contributed by atoms with E-state index < -0.39 is 29.2 Å². The van der Waals surface area contributed by atoms with Crippen LogP contribution in [0.15, 0.2) is 52.0 Å². The molecule has 16 heteroatoms. The second kappa shape index (κ2) is 11.5. The number of nitrogens with two attached hydrogens (primary N) is 1. The van der Waals surface area contributed by atoms with Crippen LogP contribution >= 0.6 is 23.1 Å². The standard InChI is InChI=1S/C26H26N8O6S2/c27-26-30-16(12-42-26)18(32-40-15-3-1-2-4-15)21(35)31-19-23(37)34-20(25(38)39)14(11-41-24(19)34)9-13-5-8-33(22(13)36)17-10-28-6-7-29-17/h6-7,9-10,12,15,19,24H,1-5,8,11H2,(H2,27,30)(H,31,35)(H,38,39)/t19-,24-/m1/s1. The van der Waals surface area contributed by atoms with E-state index in [-0.39, 0.29) is 40.0 Å². The van der Waals surface area contributed by atoms with Gasteiger partial charge in [-0.15, -0.1) is 23.1 Å². The van der Waals surface area contributed by atoms with Gasteiger partial charge >= 0.3 is 5.97 Å². The van der Waals surface area contributed by atoms with Gasteiger partial charge in [-0.25, -0.2) is 14.8 Å². The van der Waals surface area contributed by atoms with Crippen LogP contribution in [0.3, 0.4) is 0 Å². The molecular weight excluding hydrogens is 584 g/mol. The number of nitrogens with zero attached hydrogens (tertiary/aromatic N) is 6. The molecule has 14 nitrogen and oxygen atoms in total. The number of carbonyl (C=O) groups is 4. The van der Waals surface area contributed by atoms with E-state index in [0.29, 0.717) is 29.9 Å². The predicted molar refractivity (Wildman–Crippen MR) is 153 cm³/mol. The van der Waals surface area contributed by atoms with Crippen molar-refractivity contribution in [3.63, 3.8) is 0 Å². The summed E-state index contributed by atoms with van der Waals surface area (Å²) in [5.41, 5.74) is 6.44. The molecule has 4 N–H and O–H groups in total. The van der Waals surface area contributed by atoms with Gasteiger partial charge in [0, 0.05) is 35.6 Å². The van der Waals surface area contributed by atoms with Crippen LogP contribution in [0.5, 0.6) is 0 Å². The fourth-order valence-electron chi connectivity index (χ4n) is 5.29. The third-order valence-corrected chi connectivity index (χ3v) is 9.34. The number of fused-ring (bicyclic) bond motifs is 1. The van der Waals surface area contributed by atoms with Crippen molar-refractivity contribution in [2.75, 3.05) is 22.9 Å². The van der Waals surface area contributed by atoms with Crippen LogP contribution < -0.4 is 16.0 Å². The van der Waals surface area contributed by atoms with Gasteiger partial charge in [0.1, 0.15) is 28.9 Å². The highest BCUT2D eigenvalue weighted by Crippen LogP contribution is 2.41. The number of thiazole rings is 1. The van der Waals surface area contributed by atoms with Crippen molar-refractivity contribution in [3.8, 4) is 0 Å². The number of aromatic nitrogens is 3. The molecule has 2 aromatic rings. The predicted octanol–water partition coefficient (Wildman–Crippen LogP) is 1.28. The van der Waals surface area contributed by atoms with Gasteiger partial charge < -0.3 is 21.0 Å². The number of hydrogen-bond acceptors (Lipinski definition) is 12. The topological polar surface area (TPSA) is 193 Å². The molecule has 2 atom stereocenters. The van der Waals surface area contributed by atoms with Crippen LogP contribution in [0.25, 0.3) is 0 Å². The smallest absolute Gasteiger partial charge is 0.352 e. The molecular formula is C26H26N8O6S2. The highest BCUT2D eigenvalue weighted by atomic mass is 32.2.